The van der Waals surface area contributed by atoms with Crippen LogP contribution in [0.5, 0.6) is 0 Å². The fourth-order valence-electron chi connectivity index (χ4n) is 7.74. The van der Waals surface area contributed by atoms with Crippen molar-refractivity contribution >= 4 is 34.5 Å². The number of rotatable bonds is 5. The van der Waals surface area contributed by atoms with Gasteiger partial charge in [0.15, 0.2) is 5.84 Å². The van der Waals surface area contributed by atoms with Crippen molar-refractivity contribution in [2.45, 2.75) is 18.5 Å². The average molecular weight is 660 g/mol. The topological polar surface area (TPSA) is 44.9 Å². The van der Waals surface area contributed by atoms with Gasteiger partial charge < -0.3 is 14.8 Å². The lowest BCUT2D eigenvalue weighted by Crippen LogP contribution is -2.42. The Morgan fingerprint density at radius 2 is 1.31 bits per heavy atom. The number of fused-ring (bicyclic) bond motifs is 7. The summed E-state index contributed by atoms with van der Waals surface area (Å²) in [6, 6.07) is 57.6. The van der Waals surface area contributed by atoms with Gasteiger partial charge in [0.25, 0.3) is 0 Å². The normalized spacial score (nSPS) is 16.5. The quantitative estimate of drug-likeness (QED) is 0.148. The van der Waals surface area contributed by atoms with Crippen LogP contribution in [0.2, 0.25) is 0 Å². The number of nitrogens with one attached hydrogen (secondary N) is 1. The molecule has 2 aliphatic rings. The van der Waals surface area contributed by atoms with Crippen molar-refractivity contribution in [1.82, 2.24) is 9.88 Å². The second kappa shape index (κ2) is 13.1. The number of aliphatic imine (C=N–C) groups is 2. The van der Waals surface area contributed by atoms with Crippen molar-refractivity contribution in [3.05, 3.63) is 198 Å². The van der Waals surface area contributed by atoms with Gasteiger partial charge in [0.05, 0.1) is 23.8 Å². The van der Waals surface area contributed by atoms with Crippen molar-refractivity contribution in [2.75, 3.05) is 11.9 Å². The predicted octanol–water partition coefficient (Wildman–Crippen LogP) is 10.2. The summed E-state index contributed by atoms with van der Waals surface area (Å²) in [6.07, 6.45) is 4.71. The largest absolute Gasteiger partial charge is 0.359 e. The van der Waals surface area contributed by atoms with E-state index in [9.17, 15) is 0 Å². The molecule has 1 N–H and O–H groups in total. The molecule has 0 radical (unpaired) electrons. The van der Waals surface area contributed by atoms with Gasteiger partial charge in [-0.2, -0.15) is 4.99 Å². The predicted molar refractivity (Wildman–Crippen MR) is 212 cm³/mol. The van der Waals surface area contributed by atoms with Gasteiger partial charge in [-0.05, 0) is 46.5 Å². The molecule has 6 aromatic carbocycles. The maximum Gasteiger partial charge on any atom is 0.205 e. The first-order chi connectivity index (χ1) is 25.3. The van der Waals surface area contributed by atoms with Crippen LogP contribution < -0.4 is 10.2 Å². The molecule has 246 valence electrons. The number of aromatic nitrogens is 1. The first-order valence-corrected chi connectivity index (χ1v) is 17.5. The number of hydrogen-bond acceptors (Lipinski definition) is 1. The number of guanidine groups is 1. The monoisotopic (exact) mass is 659 g/mol. The minimum Gasteiger partial charge on any atom is -0.359 e. The SMILES string of the molecule is CN/C(=N\C(=N/Cc1ccccc1)c1ccc(-c2ccccc2)cc1)N1c2ccccc2C2C=Cc3c(n(-c4ccccc4)c4ccccc34)C21. The van der Waals surface area contributed by atoms with Gasteiger partial charge in [-0.1, -0.05) is 152 Å². The highest BCUT2D eigenvalue weighted by Gasteiger charge is 2.45. The molecule has 1 aromatic heterocycles. The molecule has 2 unspecified atom stereocenters. The summed E-state index contributed by atoms with van der Waals surface area (Å²) >= 11 is 0. The van der Waals surface area contributed by atoms with Crippen LogP contribution in [-0.4, -0.2) is 23.4 Å². The third-order valence-electron chi connectivity index (χ3n) is 10.1. The fraction of sp³-hybridized carbons (Fsp3) is 0.0870. The Labute approximate surface area is 298 Å². The molecule has 0 bridgehead atoms. The van der Waals surface area contributed by atoms with E-state index >= 15 is 0 Å². The Hall–Kier alpha value is -6.46. The Morgan fingerprint density at radius 1 is 0.667 bits per heavy atom. The van der Waals surface area contributed by atoms with E-state index in [1.165, 1.54) is 33.3 Å². The molecule has 1 aliphatic heterocycles. The minimum absolute atomic E-state index is 0.0444. The molecule has 0 saturated carbocycles. The molecule has 0 saturated heterocycles. The first kappa shape index (κ1) is 30.6. The molecule has 2 heterocycles. The maximum atomic E-state index is 5.43. The van der Waals surface area contributed by atoms with Gasteiger partial charge in [0.2, 0.25) is 5.96 Å². The van der Waals surface area contributed by atoms with E-state index in [-0.39, 0.29) is 12.0 Å². The summed E-state index contributed by atoms with van der Waals surface area (Å²) in [6.45, 7) is 0.523. The van der Waals surface area contributed by atoms with Gasteiger partial charge in [0.1, 0.15) is 0 Å². The van der Waals surface area contributed by atoms with E-state index < -0.39 is 0 Å². The van der Waals surface area contributed by atoms with Crippen LogP contribution in [0.3, 0.4) is 0 Å². The highest BCUT2D eigenvalue weighted by atomic mass is 15.3. The molecule has 5 heteroatoms. The van der Waals surface area contributed by atoms with Crippen LogP contribution >= 0.6 is 0 Å². The van der Waals surface area contributed by atoms with E-state index in [0.717, 1.165) is 34.0 Å². The second-order valence-electron chi connectivity index (χ2n) is 13.0. The zero-order valence-electron chi connectivity index (χ0n) is 28.4. The van der Waals surface area contributed by atoms with Crippen LogP contribution in [0.15, 0.2) is 180 Å². The van der Waals surface area contributed by atoms with Crippen molar-refractivity contribution < 1.29 is 0 Å². The number of hydrogen-bond donors (Lipinski definition) is 1. The molecule has 0 fully saturated rings. The van der Waals surface area contributed by atoms with Gasteiger partial charge in [-0.15, -0.1) is 0 Å². The fourth-order valence-corrected chi connectivity index (χ4v) is 7.74. The molecule has 0 spiro atoms. The van der Waals surface area contributed by atoms with E-state index in [1.54, 1.807) is 0 Å². The summed E-state index contributed by atoms with van der Waals surface area (Å²) in [4.78, 5) is 13.0. The molecule has 0 amide bonds. The summed E-state index contributed by atoms with van der Waals surface area (Å²) in [5.41, 5.74) is 11.7. The summed E-state index contributed by atoms with van der Waals surface area (Å²) in [5.74, 6) is 1.56. The molecule has 51 heavy (non-hydrogen) atoms. The number of benzene rings is 6. The first-order valence-electron chi connectivity index (χ1n) is 17.5. The number of para-hydroxylation sites is 3. The molecule has 7 aromatic rings. The third kappa shape index (κ3) is 5.44. The van der Waals surface area contributed by atoms with Gasteiger partial charge in [-0.3, -0.25) is 4.99 Å². The van der Waals surface area contributed by atoms with E-state index in [2.05, 4.69) is 179 Å². The maximum absolute atomic E-state index is 5.43. The van der Waals surface area contributed by atoms with Crippen LogP contribution in [0.25, 0.3) is 33.8 Å². The van der Waals surface area contributed by atoms with E-state index in [1.807, 2.05) is 19.2 Å². The smallest absolute Gasteiger partial charge is 0.205 e. The van der Waals surface area contributed by atoms with E-state index in [0.29, 0.717) is 12.4 Å². The highest BCUT2D eigenvalue weighted by molar-refractivity contribution is 6.11. The summed E-state index contributed by atoms with van der Waals surface area (Å²) < 4.78 is 2.45. The van der Waals surface area contributed by atoms with Gasteiger partial charge >= 0.3 is 0 Å². The lowest BCUT2D eigenvalue weighted by Gasteiger charge is -2.33. The number of amidine groups is 1. The Kier molecular flexibility index (Phi) is 7.86. The third-order valence-corrected chi connectivity index (χ3v) is 10.1. The lowest BCUT2D eigenvalue weighted by atomic mass is 9.86. The van der Waals surface area contributed by atoms with Crippen molar-refractivity contribution in [3.63, 3.8) is 0 Å². The standard InChI is InChI=1S/C46H37N5/c1-47-46(49-45(48-31-32-15-5-2-6-16-32)35-27-25-34(26-28-35)33-17-7-3-8-18-33)51-42-24-14-12-22-38(42)40-30-29-39-37-21-11-13-23-41(37)50(43(39)44(40)51)36-19-9-4-10-20-36/h2-30,40,44H,31H2,1H3,(H,47,48,49). The summed E-state index contributed by atoms with van der Waals surface area (Å²) in [7, 11) is 1.97. The Morgan fingerprint density at radius 3 is 2.08 bits per heavy atom. The molecule has 5 nitrogen and oxygen atoms in total. The average Bonchev–Trinajstić information content (AvgIpc) is 3.72. The Balaban J connectivity index is 1.22. The zero-order chi connectivity index (χ0) is 34.1. The Bertz CT molecular complexity index is 2420. The summed E-state index contributed by atoms with van der Waals surface area (Å²) in [5, 5.41) is 4.78. The molecule has 9 rings (SSSR count). The van der Waals surface area contributed by atoms with Crippen molar-refractivity contribution in [3.8, 4) is 16.8 Å². The molecule has 1 aliphatic carbocycles. The zero-order valence-corrected chi connectivity index (χ0v) is 28.4. The van der Waals surface area contributed by atoms with Crippen LogP contribution in [0.1, 0.15) is 39.9 Å². The van der Waals surface area contributed by atoms with Crippen LogP contribution in [-0.2, 0) is 6.54 Å². The molecule has 2 atom stereocenters. The van der Waals surface area contributed by atoms with Crippen molar-refractivity contribution in [2.24, 2.45) is 9.98 Å². The second-order valence-corrected chi connectivity index (χ2v) is 13.0. The van der Waals surface area contributed by atoms with Crippen LogP contribution in [0, 0.1) is 0 Å². The molecular formula is C46H37N5. The van der Waals surface area contributed by atoms with Gasteiger partial charge in [-0.25, -0.2) is 0 Å². The van der Waals surface area contributed by atoms with Crippen LogP contribution in [0.4, 0.5) is 5.69 Å². The highest BCUT2D eigenvalue weighted by Crippen LogP contribution is 2.54. The van der Waals surface area contributed by atoms with E-state index in [4.69, 9.17) is 9.98 Å². The number of nitrogens with zero attached hydrogens (tertiary/aromatic N) is 4. The van der Waals surface area contributed by atoms with Crippen molar-refractivity contribution in [1.29, 1.82) is 0 Å². The van der Waals surface area contributed by atoms with Gasteiger partial charge in [0, 0.05) is 40.9 Å². The molecular weight excluding hydrogens is 623 g/mol. The lowest BCUT2D eigenvalue weighted by molar-refractivity contribution is 0.639. The number of anilines is 1. The minimum atomic E-state index is -0.0444.